The third-order valence-corrected chi connectivity index (χ3v) is 3.78. The largest absolute Gasteiger partial charge is 0.434 e. The second kappa shape index (κ2) is 5.66. The van der Waals surface area contributed by atoms with Crippen LogP contribution in [0.25, 0.3) is 0 Å². The number of aliphatic hydroxyl groups is 1. The minimum atomic E-state index is -4.72. The first-order valence-corrected chi connectivity index (χ1v) is 6.48. The van der Waals surface area contributed by atoms with Gasteiger partial charge in [-0.05, 0) is 0 Å². The molecule has 2 nitrogen and oxygen atoms in total. The highest BCUT2D eigenvalue weighted by molar-refractivity contribution is 7.98. The van der Waals surface area contributed by atoms with E-state index >= 15 is 0 Å². The molecule has 1 N–H and O–H groups in total. The lowest BCUT2D eigenvalue weighted by molar-refractivity contribution is -0.195. The van der Waals surface area contributed by atoms with Crippen molar-refractivity contribution in [3.63, 3.8) is 0 Å². The van der Waals surface area contributed by atoms with E-state index in [0.29, 0.717) is 11.8 Å². The Bertz CT molecular complexity index is 388. The van der Waals surface area contributed by atoms with E-state index in [0.717, 1.165) is 16.7 Å². The minimum Gasteiger partial charge on any atom is -0.383 e. The summed E-state index contributed by atoms with van der Waals surface area (Å²) in [5, 5.41) is 9.53. The fraction of sp³-hybridized carbons (Fsp3) is 0.625. The molecule has 1 atom stereocenters. The Kier molecular flexibility index (Phi) is 4.90. The van der Waals surface area contributed by atoms with E-state index in [9.17, 15) is 26.3 Å². The first-order chi connectivity index (χ1) is 8.10. The van der Waals surface area contributed by atoms with Crippen molar-refractivity contribution in [3.8, 4) is 0 Å². The fourth-order valence-corrected chi connectivity index (χ4v) is 2.74. The maximum Gasteiger partial charge on any atom is 0.434 e. The third-order valence-electron chi connectivity index (χ3n) is 1.72. The summed E-state index contributed by atoms with van der Waals surface area (Å²) in [7, 11) is 0. The summed E-state index contributed by atoms with van der Waals surface area (Å²) in [6.07, 6.45) is -11.7. The summed E-state index contributed by atoms with van der Waals surface area (Å²) in [4.78, 5) is 3.25. The van der Waals surface area contributed by atoms with Crippen LogP contribution in [0.4, 0.5) is 26.3 Å². The molecule has 0 saturated carbocycles. The molecule has 1 heterocycles. The van der Waals surface area contributed by atoms with E-state index in [2.05, 4.69) is 4.98 Å². The van der Waals surface area contributed by atoms with Gasteiger partial charge in [0.25, 0.3) is 0 Å². The van der Waals surface area contributed by atoms with E-state index in [-0.39, 0.29) is 10.8 Å². The quantitative estimate of drug-likeness (QED) is 0.866. The average molecular weight is 311 g/mol. The van der Waals surface area contributed by atoms with Gasteiger partial charge in [-0.3, -0.25) is 0 Å². The number of aromatic nitrogens is 1. The molecule has 0 bridgehead atoms. The van der Waals surface area contributed by atoms with Crippen molar-refractivity contribution in [1.82, 2.24) is 4.98 Å². The molecular weight excluding hydrogens is 304 g/mol. The lowest BCUT2D eigenvalue weighted by Gasteiger charge is -2.13. The molecule has 0 saturated heterocycles. The first kappa shape index (κ1) is 15.6. The number of hydrogen-bond acceptors (Lipinski definition) is 4. The van der Waals surface area contributed by atoms with Crippen molar-refractivity contribution >= 4 is 23.1 Å². The molecule has 0 fully saturated rings. The highest BCUT2D eigenvalue weighted by Gasteiger charge is 2.38. The van der Waals surface area contributed by atoms with Crippen LogP contribution >= 0.6 is 23.1 Å². The van der Waals surface area contributed by atoms with Crippen molar-refractivity contribution in [1.29, 1.82) is 0 Å². The van der Waals surface area contributed by atoms with Crippen LogP contribution in [0.1, 0.15) is 10.7 Å². The Balaban J connectivity index is 2.43. The molecule has 0 spiro atoms. The number of hydrogen-bond donors (Lipinski definition) is 1. The summed E-state index contributed by atoms with van der Waals surface area (Å²) in [6.45, 7) is 0. The molecule has 1 aromatic heterocycles. The highest BCUT2D eigenvalue weighted by atomic mass is 32.2. The highest BCUT2D eigenvalue weighted by Crippen LogP contribution is 2.31. The number of halogens is 6. The molecule has 104 valence electrons. The van der Waals surface area contributed by atoms with E-state index in [1.54, 1.807) is 0 Å². The average Bonchev–Trinajstić information content (AvgIpc) is 2.64. The number of aliphatic hydroxyl groups excluding tert-OH is 1. The summed E-state index contributed by atoms with van der Waals surface area (Å²) in [6, 6.07) is 0. The number of alkyl halides is 6. The number of nitrogens with zero attached hydrogens (tertiary/aromatic N) is 1. The van der Waals surface area contributed by atoms with Crippen molar-refractivity contribution in [3.05, 3.63) is 16.1 Å². The van der Waals surface area contributed by atoms with Crippen molar-refractivity contribution < 1.29 is 31.4 Å². The number of rotatable bonds is 4. The van der Waals surface area contributed by atoms with Gasteiger partial charge in [0.15, 0.2) is 11.8 Å². The van der Waals surface area contributed by atoms with E-state index in [4.69, 9.17) is 5.11 Å². The van der Waals surface area contributed by atoms with Crippen LogP contribution in [-0.4, -0.2) is 28.1 Å². The lowest BCUT2D eigenvalue weighted by Crippen LogP contribution is -2.30. The van der Waals surface area contributed by atoms with Gasteiger partial charge in [-0.2, -0.15) is 38.1 Å². The van der Waals surface area contributed by atoms with Crippen LogP contribution in [0, 0.1) is 0 Å². The van der Waals surface area contributed by atoms with Crippen LogP contribution in [0.15, 0.2) is 5.38 Å². The zero-order valence-corrected chi connectivity index (χ0v) is 10.2. The molecule has 0 amide bonds. The Labute approximate surface area is 106 Å². The molecular formula is C8H7F6NOS2. The lowest BCUT2D eigenvalue weighted by atomic mass is 10.4. The molecule has 0 radical (unpaired) electrons. The predicted molar refractivity (Wildman–Crippen MR) is 55.3 cm³/mol. The van der Waals surface area contributed by atoms with Crippen molar-refractivity contribution in [2.24, 2.45) is 0 Å². The van der Waals surface area contributed by atoms with Gasteiger partial charge >= 0.3 is 12.4 Å². The van der Waals surface area contributed by atoms with E-state index in [1.807, 2.05) is 0 Å². The predicted octanol–water partition coefficient (Wildman–Crippen LogP) is 3.32. The molecule has 0 aliphatic heterocycles. The SMILES string of the molecule is OC(CSCc1nc(C(F)(F)F)cs1)C(F)(F)F. The second-order valence-corrected chi connectivity index (χ2v) is 5.17. The Morgan fingerprint density at radius 1 is 1.28 bits per heavy atom. The number of thiazole rings is 1. The van der Waals surface area contributed by atoms with Gasteiger partial charge in [-0.25, -0.2) is 4.98 Å². The second-order valence-electron chi connectivity index (χ2n) is 3.20. The zero-order chi connectivity index (χ0) is 14.0. The normalized spacial score (nSPS) is 14.8. The minimum absolute atomic E-state index is 0.0710. The van der Waals surface area contributed by atoms with Crippen LogP contribution in [-0.2, 0) is 11.9 Å². The molecule has 18 heavy (non-hydrogen) atoms. The third kappa shape index (κ3) is 4.65. The standard InChI is InChI=1S/C8H7F6NOS2/c9-7(10,11)4-1-18-6(15-4)3-17-2-5(16)8(12,13)14/h1,5,16H,2-3H2. The Morgan fingerprint density at radius 2 is 1.89 bits per heavy atom. The maximum atomic E-state index is 12.2. The zero-order valence-electron chi connectivity index (χ0n) is 8.55. The summed E-state index contributed by atoms with van der Waals surface area (Å²) < 4.78 is 72.2. The molecule has 1 rings (SSSR count). The summed E-state index contributed by atoms with van der Waals surface area (Å²) in [5.74, 6) is -0.738. The summed E-state index contributed by atoms with van der Waals surface area (Å²) >= 11 is 1.40. The molecule has 10 heteroatoms. The Hall–Kier alpha value is -0.480. The molecule has 1 unspecified atom stereocenters. The smallest absolute Gasteiger partial charge is 0.383 e. The van der Waals surface area contributed by atoms with Gasteiger partial charge < -0.3 is 5.11 Å². The van der Waals surface area contributed by atoms with Gasteiger partial charge in [0, 0.05) is 16.9 Å². The molecule has 0 aliphatic carbocycles. The molecule has 0 aromatic carbocycles. The molecule has 0 aliphatic rings. The first-order valence-electron chi connectivity index (χ1n) is 4.45. The van der Waals surface area contributed by atoms with Crippen molar-refractivity contribution in [2.45, 2.75) is 24.2 Å². The van der Waals surface area contributed by atoms with E-state index < -0.39 is 29.9 Å². The summed E-state index contributed by atoms with van der Waals surface area (Å²) in [5.41, 5.74) is -1.06. The number of thioether (sulfide) groups is 1. The van der Waals surface area contributed by atoms with Crippen LogP contribution in [0.5, 0.6) is 0 Å². The Morgan fingerprint density at radius 3 is 2.33 bits per heavy atom. The van der Waals surface area contributed by atoms with Gasteiger partial charge in [0.2, 0.25) is 0 Å². The molecule has 1 aromatic rings. The van der Waals surface area contributed by atoms with E-state index in [1.165, 1.54) is 0 Å². The van der Waals surface area contributed by atoms with Crippen LogP contribution in [0.2, 0.25) is 0 Å². The van der Waals surface area contributed by atoms with Gasteiger partial charge in [-0.1, -0.05) is 0 Å². The maximum absolute atomic E-state index is 12.2. The van der Waals surface area contributed by atoms with Crippen LogP contribution in [0.3, 0.4) is 0 Å². The van der Waals surface area contributed by atoms with Crippen LogP contribution < -0.4 is 0 Å². The fourth-order valence-electron chi connectivity index (χ4n) is 0.860. The van der Waals surface area contributed by atoms with Gasteiger partial charge in [-0.15, -0.1) is 11.3 Å². The van der Waals surface area contributed by atoms with Crippen molar-refractivity contribution in [2.75, 3.05) is 5.75 Å². The topological polar surface area (TPSA) is 33.1 Å². The van der Waals surface area contributed by atoms with Gasteiger partial charge in [0.05, 0.1) is 0 Å². The monoisotopic (exact) mass is 311 g/mol. The van der Waals surface area contributed by atoms with Gasteiger partial charge in [0.1, 0.15) is 5.01 Å².